The van der Waals surface area contributed by atoms with Crippen LogP contribution in [0.2, 0.25) is 0 Å². The maximum atomic E-state index is 13.2. The van der Waals surface area contributed by atoms with Crippen LogP contribution in [0.15, 0.2) is 48.5 Å². The third kappa shape index (κ3) is 4.21. The zero-order chi connectivity index (χ0) is 21.2. The van der Waals surface area contributed by atoms with Gasteiger partial charge in [-0.1, -0.05) is 30.3 Å². The number of benzene rings is 2. The van der Waals surface area contributed by atoms with Crippen LogP contribution >= 0.6 is 0 Å². The van der Waals surface area contributed by atoms with Crippen molar-refractivity contribution in [3.05, 3.63) is 65.7 Å². The Balaban J connectivity index is 1.32. The number of hydrogen-bond donors (Lipinski definition) is 2. The quantitative estimate of drug-likeness (QED) is 0.730. The molecule has 0 heterocycles. The molecule has 2 aromatic carbocycles. The predicted octanol–water partition coefficient (Wildman–Crippen LogP) is 3.27. The Kier molecular flexibility index (Phi) is 5.56. The number of hydrogen-bond acceptors (Lipinski definition) is 4. The Hall–Kier alpha value is -2.80. The molecule has 0 aromatic heterocycles. The third-order valence-electron chi connectivity index (χ3n) is 6.24. The van der Waals surface area contributed by atoms with Crippen LogP contribution < -0.4 is 15.4 Å². The molecule has 3 fully saturated rings. The minimum Gasteiger partial charge on any atom is -0.484 e. The summed E-state index contributed by atoms with van der Waals surface area (Å²) in [6, 6.07) is 13.1. The molecule has 0 aliphatic heterocycles. The number of ketones is 1. The molecule has 3 aliphatic carbocycles. The van der Waals surface area contributed by atoms with Gasteiger partial charge in [0.1, 0.15) is 5.75 Å². The molecule has 2 N–H and O–H groups in total. The molecule has 3 aliphatic rings. The van der Waals surface area contributed by atoms with E-state index in [1.165, 1.54) is 11.6 Å². The summed E-state index contributed by atoms with van der Waals surface area (Å²) >= 11 is 0. The minimum absolute atomic E-state index is 0.0294. The Labute approximate surface area is 173 Å². The molecule has 30 heavy (non-hydrogen) atoms. The molecule has 5 rings (SSSR count). The fourth-order valence-electron chi connectivity index (χ4n) is 4.43. The lowest BCUT2D eigenvalue weighted by Crippen LogP contribution is -2.68. The van der Waals surface area contributed by atoms with Crippen LogP contribution in [0.5, 0.6) is 5.75 Å². The molecule has 7 heteroatoms. The van der Waals surface area contributed by atoms with Crippen molar-refractivity contribution in [2.45, 2.75) is 49.7 Å². The molecule has 2 bridgehead atoms. The zero-order valence-corrected chi connectivity index (χ0v) is 16.5. The van der Waals surface area contributed by atoms with Gasteiger partial charge >= 0.3 is 0 Å². The van der Waals surface area contributed by atoms with Gasteiger partial charge in [0.25, 0.3) is 5.91 Å². The first-order valence-corrected chi connectivity index (χ1v) is 10.1. The average Bonchev–Trinajstić information content (AvgIpc) is 2.75. The van der Waals surface area contributed by atoms with Crippen LogP contribution in [0.1, 0.15) is 37.7 Å². The van der Waals surface area contributed by atoms with E-state index >= 15 is 0 Å². The largest absolute Gasteiger partial charge is 0.484 e. The number of Topliss-reactive ketones (excluding diaryl/α,β-unsaturated/α-hetero) is 1. The summed E-state index contributed by atoms with van der Waals surface area (Å²) in [5.74, 6) is -2.38. The van der Waals surface area contributed by atoms with Gasteiger partial charge in [0.2, 0.25) is 0 Å². The van der Waals surface area contributed by atoms with Crippen molar-refractivity contribution < 1.29 is 23.1 Å². The van der Waals surface area contributed by atoms with Crippen LogP contribution in [0.3, 0.4) is 0 Å². The lowest BCUT2D eigenvalue weighted by Gasteiger charge is -2.52. The molecular formula is C23H24F2N2O3. The van der Waals surface area contributed by atoms with E-state index in [1.54, 1.807) is 0 Å². The number of halogens is 2. The number of carbonyl (C=O) groups is 2. The maximum absolute atomic E-state index is 13.2. The summed E-state index contributed by atoms with van der Waals surface area (Å²) in [6.07, 6.45) is 3.13. The van der Waals surface area contributed by atoms with Gasteiger partial charge in [0, 0.05) is 24.6 Å². The molecular weight excluding hydrogens is 390 g/mol. The summed E-state index contributed by atoms with van der Waals surface area (Å²) in [7, 11) is 0. The highest BCUT2D eigenvalue weighted by Crippen LogP contribution is 2.45. The normalized spacial score (nSPS) is 25.2. The highest BCUT2D eigenvalue weighted by Gasteiger charge is 2.54. The van der Waals surface area contributed by atoms with E-state index < -0.39 is 23.1 Å². The van der Waals surface area contributed by atoms with E-state index in [1.807, 2.05) is 18.2 Å². The van der Waals surface area contributed by atoms with Gasteiger partial charge < -0.3 is 15.4 Å². The van der Waals surface area contributed by atoms with E-state index in [0.29, 0.717) is 25.8 Å². The molecule has 0 saturated heterocycles. The van der Waals surface area contributed by atoms with Crippen LogP contribution in [0, 0.1) is 11.6 Å². The minimum atomic E-state index is -1.04. The number of amides is 1. The second kappa shape index (κ2) is 8.14. The van der Waals surface area contributed by atoms with Gasteiger partial charge in [-0.3, -0.25) is 9.59 Å². The summed E-state index contributed by atoms with van der Waals surface area (Å²) in [4.78, 5) is 25.3. The average molecular weight is 414 g/mol. The van der Waals surface area contributed by atoms with Crippen molar-refractivity contribution >= 4 is 11.7 Å². The Morgan fingerprint density at radius 2 is 1.73 bits per heavy atom. The zero-order valence-electron chi connectivity index (χ0n) is 16.5. The maximum Gasteiger partial charge on any atom is 0.258 e. The lowest BCUT2D eigenvalue weighted by molar-refractivity contribution is -0.141. The van der Waals surface area contributed by atoms with Crippen LogP contribution in [-0.4, -0.2) is 29.4 Å². The molecule has 3 saturated carbocycles. The fraction of sp³-hybridized carbons (Fsp3) is 0.391. The highest BCUT2D eigenvalue weighted by atomic mass is 19.2. The van der Waals surface area contributed by atoms with Crippen LogP contribution in [0.25, 0.3) is 0 Å². The standard InChI is InChI=1S/C23H24F2N2O3/c24-18-7-6-17(12-19(18)25)30-15-21(29)27-23-10-8-22(9-11-23,13-20(23)28)26-14-16-4-2-1-3-5-16/h1-7,12,26H,8-11,13-15H2,(H,27,29). The van der Waals surface area contributed by atoms with Gasteiger partial charge in [-0.05, 0) is 43.4 Å². The molecule has 0 unspecified atom stereocenters. The van der Waals surface area contributed by atoms with E-state index in [4.69, 9.17) is 4.74 Å². The predicted molar refractivity (Wildman–Crippen MR) is 107 cm³/mol. The van der Waals surface area contributed by atoms with Gasteiger partial charge in [0.05, 0.1) is 5.54 Å². The van der Waals surface area contributed by atoms with E-state index in [2.05, 4.69) is 22.8 Å². The highest BCUT2D eigenvalue weighted by molar-refractivity contribution is 5.95. The van der Waals surface area contributed by atoms with Gasteiger partial charge in [-0.2, -0.15) is 0 Å². The van der Waals surface area contributed by atoms with Crippen LogP contribution in [-0.2, 0) is 16.1 Å². The topological polar surface area (TPSA) is 67.4 Å². The number of rotatable bonds is 7. The molecule has 0 atom stereocenters. The number of carbonyl (C=O) groups excluding carboxylic acids is 2. The second-order valence-corrected chi connectivity index (χ2v) is 8.21. The lowest BCUT2D eigenvalue weighted by atomic mass is 9.60. The number of fused-ring (bicyclic) bond motifs is 3. The van der Waals surface area contributed by atoms with E-state index in [9.17, 15) is 18.4 Å². The van der Waals surface area contributed by atoms with Gasteiger partial charge in [0.15, 0.2) is 24.0 Å². The summed E-state index contributed by atoms with van der Waals surface area (Å²) in [5, 5.41) is 6.42. The van der Waals surface area contributed by atoms with Crippen LogP contribution in [0.4, 0.5) is 8.78 Å². The van der Waals surface area contributed by atoms with E-state index in [0.717, 1.165) is 25.0 Å². The number of ether oxygens (including phenoxy) is 1. The first-order chi connectivity index (χ1) is 14.4. The monoisotopic (exact) mass is 414 g/mol. The summed E-state index contributed by atoms with van der Waals surface area (Å²) in [5.41, 5.74) is 0.0936. The fourth-order valence-corrected chi connectivity index (χ4v) is 4.43. The van der Waals surface area contributed by atoms with Gasteiger partial charge in [-0.25, -0.2) is 8.78 Å². The molecule has 1 amide bonds. The second-order valence-electron chi connectivity index (χ2n) is 8.21. The smallest absolute Gasteiger partial charge is 0.258 e. The molecule has 0 radical (unpaired) electrons. The molecule has 5 nitrogen and oxygen atoms in total. The summed E-state index contributed by atoms with van der Waals surface area (Å²) < 4.78 is 31.5. The van der Waals surface area contributed by atoms with E-state index in [-0.39, 0.29) is 23.7 Å². The first-order valence-electron chi connectivity index (χ1n) is 10.1. The van der Waals surface area contributed by atoms with Crippen molar-refractivity contribution in [2.75, 3.05) is 6.61 Å². The molecule has 158 valence electrons. The molecule has 0 spiro atoms. The van der Waals surface area contributed by atoms with Crippen molar-refractivity contribution in [1.82, 2.24) is 10.6 Å². The first kappa shape index (κ1) is 20.5. The van der Waals surface area contributed by atoms with Crippen molar-refractivity contribution in [1.29, 1.82) is 0 Å². The van der Waals surface area contributed by atoms with Gasteiger partial charge in [-0.15, -0.1) is 0 Å². The van der Waals surface area contributed by atoms with Crippen molar-refractivity contribution in [3.63, 3.8) is 0 Å². The summed E-state index contributed by atoms with van der Waals surface area (Å²) in [6.45, 7) is 0.340. The van der Waals surface area contributed by atoms with Crippen molar-refractivity contribution in [2.24, 2.45) is 0 Å². The Bertz CT molecular complexity index is 941. The molecule has 2 aromatic rings. The SMILES string of the molecule is O=C(COc1ccc(F)c(F)c1)NC12CCC(NCc3ccccc3)(CC1)CC2=O. The van der Waals surface area contributed by atoms with Crippen molar-refractivity contribution in [3.8, 4) is 5.75 Å². The Morgan fingerprint density at radius 1 is 1.00 bits per heavy atom. The third-order valence-corrected chi connectivity index (χ3v) is 6.24. The Morgan fingerprint density at radius 3 is 2.40 bits per heavy atom. The number of nitrogens with one attached hydrogen (secondary N) is 2.